The van der Waals surface area contributed by atoms with E-state index in [-0.39, 0.29) is 11.9 Å². The van der Waals surface area contributed by atoms with Gasteiger partial charge in [0.15, 0.2) is 0 Å². The molecule has 2 aromatic heterocycles. The molecule has 2 unspecified atom stereocenters. The van der Waals surface area contributed by atoms with Gasteiger partial charge in [0.05, 0.1) is 6.04 Å². The van der Waals surface area contributed by atoms with Crippen LogP contribution in [0.3, 0.4) is 0 Å². The highest BCUT2D eigenvalue weighted by Crippen LogP contribution is 2.32. The number of piperidine rings is 1. The molecule has 2 atom stereocenters. The number of carbonyl (C=O) groups is 1. The Hall–Kier alpha value is -1.88. The minimum Gasteiger partial charge on any atom is -0.368 e. The average molecular weight is 314 g/mol. The highest BCUT2D eigenvalue weighted by Gasteiger charge is 2.30. The second-order valence-electron chi connectivity index (χ2n) is 6.54. The molecule has 1 fully saturated rings. The summed E-state index contributed by atoms with van der Waals surface area (Å²) < 4.78 is 0. The van der Waals surface area contributed by atoms with Gasteiger partial charge < -0.3 is 10.7 Å². The molecule has 3 rings (SSSR count). The first-order valence-electron chi connectivity index (χ1n) is 8.66. The van der Waals surface area contributed by atoms with E-state index in [1.165, 1.54) is 10.9 Å². The Morgan fingerprint density at radius 2 is 2.43 bits per heavy atom. The number of likely N-dealkylation sites (tertiary alicyclic amines) is 1. The molecule has 0 aliphatic carbocycles. The number of H-pyrrole nitrogens is 1. The molecule has 1 amide bonds. The maximum absolute atomic E-state index is 11.9. The topological polar surface area (TPSA) is 75.0 Å². The number of rotatable bonds is 6. The summed E-state index contributed by atoms with van der Waals surface area (Å²) in [6, 6.07) is 3.98. The molecule has 3 heterocycles. The number of amides is 1. The number of nitrogens with zero attached hydrogens (tertiary/aromatic N) is 2. The number of aromatic amines is 1. The van der Waals surface area contributed by atoms with E-state index in [1.54, 1.807) is 0 Å². The monoisotopic (exact) mass is 314 g/mol. The summed E-state index contributed by atoms with van der Waals surface area (Å²) in [5.74, 6) is 0.255. The van der Waals surface area contributed by atoms with Crippen LogP contribution in [0.5, 0.6) is 0 Å². The molecule has 1 aliphatic heterocycles. The molecule has 3 N–H and O–H groups in total. The Bertz CT molecular complexity index is 666. The average Bonchev–Trinajstić information content (AvgIpc) is 2.99. The van der Waals surface area contributed by atoms with Crippen molar-refractivity contribution in [1.29, 1.82) is 0 Å². The van der Waals surface area contributed by atoms with E-state index >= 15 is 0 Å². The summed E-state index contributed by atoms with van der Waals surface area (Å²) in [4.78, 5) is 21.8. The van der Waals surface area contributed by atoms with Crippen molar-refractivity contribution in [3.05, 3.63) is 30.1 Å². The summed E-state index contributed by atoms with van der Waals surface area (Å²) in [6.07, 6.45) is 9.15. The van der Waals surface area contributed by atoms with Crippen LogP contribution in [0.25, 0.3) is 11.0 Å². The Balaban J connectivity index is 1.78. The second-order valence-corrected chi connectivity index (χ2v) is 6.54. The lowest BCUT2D eigenvalue weighted by Crippen LogP contribution is -2.48. The van der Waals surface area contributed by atoms with Crippen LogP contribution in [0, 0.1) is 0 Å². The summed E-state index contributed by atoms with van der Waals surface area (Å²) in [7, 11) is 0. The molecule has 1 saturated heterocycles. The van der Waals surface area contributed by atoms with Gasteiger partial charge in [-0.3, -0.25) is 9.69 Å². The maximum atomic E-state index is 11.9. The van der Waals surface area contributed by atoms with E-state index in [0.29, 0.717) is 5.92 Å². The van der Waals surface area contributed by atoms with E-state index in [0.717, 1.165) is 50.8 Å². The Labute approximate surface area is 137 Å². The number of hydrogen-bond donors (Lipinski definition) is 2. The lowest BCUT2D eigenvalue weighted by molar-refractivity contribution is -0.124. The number of aromatic nitrogens is 2. The standard InChI is InChI=1S/C18H26N4O/c1-2-3-8-16(17(19)23)22-10-5-6-13(12-22)15-11-21-18-14(15)7-4-9-20-18/h4,7,9,11,13,16H,2-3,5-6,8,10,12H2,1H3,(H2,19,23)(H,20,21). The first kappa shape index (κ1) is 16.0. The minimum absolute atomic E-state index is 0.124. The summed E-state index contributed by atoms with van der Waals surface area (Å²) in [5, 5.41) is 1.20. The van der Waals surface area contributed by atoms with Gasteiger partial charge in [-0.05, 0) is 49.4 Å². The zero-order valence-corrected chi connectivity index (χ0v) is 13.8. The largest absolute Gasteiger partial charge is 0.368 e. The second kappa shape index (κ2) is 7.13. The molecule has 0 saturated carbocycles. The van der Waals surface area contributed by atoms with Gasteiger partial charge in [-0.15, -0.1) is 0 Å². The molecule has 0 bridgehead atoms. The van der Waals surface area contributed by atoms with Gasteiger partial charge in [0.1, 0.15) is 5.65 Å². The molecular formula is C18H26N4O. The number of nitrogens with one attached hydrogen (secondary N) is 1. The van der Waals surface area contributed by atoms with Crippen molar-refractivity contribution in [2.45, 2.75) is 51.0 Å². The molecule has 1 aliphatic rings. The van der Waals surface area contributed by atoms with E-state index in [4.69, 9.17) is 5.73 Å². The van der Waals surface area contributed by atoms with Crippen molar-refractivity contribution in [1.82, 2.24) is 14.9 Å². The molecule has 5 nitrogen and oxygen atoms in total. The third kappa shape index (κ3) is 3.39. The zero-order chi connectivity index (χ0) is 16.2. The summed E-state index contributed by atoms with van der Waals surface area (Å²) >= 11 is 0. The van der Waals surface area contributed by atoms with Crippen molar-refractivity contribution < 1.29 is 4.79 Å². The smallest absolute Gasteiger partial charge is 0.234 e. The highest BCUT2D eigenvalue weighted by atomic mass is 16.1. The van der Waals surface area contributed by atoms with E-state index in [2.05, 4.69) is 34.1 Å². The van der Waals surface area contributed by atoms with Crippen LogP contribution in [0.1, 0.15) is 50.5 Å². The van der Waals surface area contributed by atoms with Gasteiger partial charge in [0.2, 0.25) is 5.91 Å². The van der Waals surface area contributed by atoms with Crippen LogP contribution in [-0.4, -0.2) is 39.9 Å². The molecule has 0 aromatic carbocycles. The number of hydrogen-bond acceptors (Lipinski definition) is 3. The molecule has 0 spiro atoms. The molecule has 2 aromatic rings. The number of carbonyl (C=O) groups excluding carboxylic acids is 1. The molecule has 5 heteroatoms. The lowest BCUT2D eigenvalue weighted by Gasteiger charge is -2.37. The van der Waals surface area contributed by atoms with Crippen molar-refractivity contribution in [2.75, 3.05) is 13.1 Å². The number of primary amides is 1. The van der Waals surface area contributed by atoms with Gasteiger partial charge in [0, 0.05) is 24.3 Å². The van der Waals surface area contributed by atoms with E-state index in [1.807, 2.05) is 12.3 Å². The third-order valence-electron chi connectivity index (χ3n) is 4.98. The number of pyridine rings is 1. The van der Waals surface area contributed by atoms with Gasteiger partial charge in [-0.2, -0.15) is 0 Å². The fourth-order valence-electron chi connectivity index (χ4n) is 3.76. The number of unbranched alkanes of at least 4 members (excludes halogenated alkanes) is 1. The molecule has 0 radical (unpaired) electrons. The first-order chi connectivity index (χ1) is 11.2. The van der Waals surface area contributed by atoms with Gasteiger partial charge in [0.25, 0.3) is 0 Å². The normalized spacial score (nSPS) is 20.7. The third-order valence-corrected chi connectivity index (χ3v) is 4.98. The Kier molecular flexibility index (Phi) is 4.96. The summed E-state index contributed by atoms with van der Waals surface area (Å²) in [5.41, 5.74) is 7.92. The van der Waals surface area contributed by atoms with Crippen molar-refractivity contribution in [2.24, 2.45) is 5.73 Å². The van der Waals surface area contributed by atoms with E-state index < -0.39 is 0 Å². The quantitative estimate of drug-likeness (QED) is 0.861. The fourth-order valence-corrected chi connectivity index (χ4v) is 3.76. The zero-order valence-electron chi connectivity index (χ0n) is 13.8. The van der Waals surface area contributed by atoms with Crippen LogP contribution in [-0.2, 0) is 4.79 Å². The maximum Gasteiger partial charge on any atom is 0.234 e. The van der Waals surface area contributed by atoms with Crippen LogP contribution in [0.4, 0.5) is 0 Å². The van der Waals surface area contributed by atoms with Gasteiger partial charge in [-0.1, -0.05) is 19.8 Å². The molecular weight excluding hydrogens is 288 g/mol. The van der Waals surface area contributed by atoms with Crippen LogP contribution in [0.2, 0.25) is 0 Å². The predicted molar refractivity (Wildman–Crippen MR) is 92.1 cm³/mol. The Morgan fingerprint density at radius 1 is 1.57 bits per heavy atom. The van der Waals surface area contributed by atoms with Crippen LogP contribution >= 0.6 is 0 Å². The lowest BCUT2D eigenvalue weighted by atomic mass is 9.89. The van der Waals surface area contributed by atoms with Crippen molar-refractivity contribution >= 4 is 16.9 Å². The Morgan fingerprint density at radius 3 is 3.22 bits per heavy atom. The van der Waals surface area contributed by atoms with Crippen molar-refractivity contribution in [3.63, 3.8) is 0 Å². The molecule has 124 valence electrons. The van der Waals surface area contributed by atoms with Gasteiger partial charge in [-0.25, -0.2) is 4.98 Å². The predicted octanol–water partition coefficient (Wildman–Crippen LogP) is 2.79. The molecule has 23 heavy (non-hydrogen) atoms. The summed E-state index contributed by atoms with van der Waals surface area (Å²) in [6.45, 7) is 4.02. The van der Waals surface area contributed by atoms with Crippen LogP contribution < -0.4 is 5.73 Å². The minimum atomic E-state index is -0.181. The SMILES string of the molecule is CCCCC(C(N)=O)N1CCCC(c2c[nH]c3ncccc23)C1. The number of fused-ring (bicyclic) bond motifs is 1. The fraction of sp³-hybridized carbons (Fsp3) is 0.556. The van der Waals surface area contributed by atoms with Crippen molar-refractivity contribution in [3.8, 4) is 0 Å². The van der Waals surface area contributed by atoms with Gasteiger partial charge >= 0.3 is 0 Å². The van der Waals surface area contributed by atoms with Crippen LogP contribution in [0.15, 0.2) is 24.5 Å². The highest BCUT2D eigenvalue weighted by molar-refractivity contribution is 5.81. The number of nitrogens with two attached hydrogens (primary N) is 1. The van der Waals surface area contributed by atoms with E-state index in [9.17, 15) is 4.79 Å². The first-order valence-corrected chi connectivity index (χ1v) is 8.66.